The second-order valence-electron chi connectivity index (χ2n) is 13.7. The number of aromatic hydroxyl groups is 4. The van der Waals surface area contributed by atoms with E-state index >= 15 is 5.11 Å². The first-order chi connectivity index (χ1) is 25.0. The van der Waals surface area contributed by atoms with Gasteiger partial charge in [0.25, 0.3) is 5.70 Å². The van der Waals surface area contributed by atoms with E-state index in [2.05, 4.69) is 4.85 Å². The Balaban J connectivity index is 1.60. The number of anilines is 3. The second kappa shape index (κ2) is 10.5. The SMILES string of the molecule is [C-]#[N+]/C(C#N)=C1C(c2c3c(O)cccc3c3c4c(ccc(O)c24)N(C)CN3C)=C([O-])C/1=c1/c2c(O)cccc2c2c3c(ccc(O)c13)N(C)C[N+]=2C. The molecule has 4 N–H and O–H groups in total. The lowest BCUT2D eigenvalue weighted by Crippen LogP contribution is -2.42. The fourth-order valence-electron chi connectivity index (χ4n) is 8.79. The minimum Gasteiger partial charge on any atom is -0.872 e. The highest BCUT2D eigenvalue weighted by atomic mass is 16.3. The number of allylic oxidation sites excluding steroid dienone is 3. The monoisotopic (exact) mass is 686 g/mol. The number of nitrogens with zero attached hydrogens (tertiary/aromatic N) is 6. The standard InChI is InChI=1S/C41H30N6O5/c1-43-21(16-42)30-37(35-28-19(8-6-10-24(28)48)39-31-22(44(2)17-46(39)4)12-14-26(50)33(31)35)41(52)38(30)36-29-20(9-7-11-25(29)49)40-32-23(45(3)18-47(40)5)13-15-27(51)34(32)36/h6-15H,17-18H2,2-5H3,(H4-,48,49,50,51,52). The molecule has 254 valence electrons. The summed E-state index contributed by atoms with van der Waals surface area (Å²) in [4.78, 5) is 9.61. The van der Waals surface area contributed by atoms with Crippen LogP contribution in [-0.2, 0) is 0 Å². The fraction of sp³-hybridized carbons (Fsp3) is 0.146. The number of phenols is 4. The molecule has 0 saturated heterocycles. The smallest absolute Gasteiger partial charge is 0.270 e. The van der Waals surface area contributed by atoms with Crippen molar-refractivity contribution in [3.8, 4) is 29.1 Å². The van der Waals surface area contributed by atoms with E-state index in [0.29, 0.717) is 34.9 Å². The topological polar surface area (TPSA) is 145 Å². The quantitative estimate of drug-likeness (QED) is 0.0869. The van der Waals surface area contributed by atoms with Gasteiger partial charge in [-0.25, -0.2) is 14.7 Å². The largest absolute Gasteiger partial charge is 0.872 e. The first-order valence-electron chi connectivity index (χ1n) is 16.5. The molecule has 6 aromatic rings. The Morgan fingerprint density at radius 1 is 0.750 bits per heavy atom. The molecule has 0 amide bonds. The molecule has 3 aliphatic rings. The van der Waals surface area contributed by atoms with Crippen LogP contribution in [0.15, 0.2) is 77.7 Å². The molecule has 0 bridgehead atoms. The summed E-state index contributed by atoms with van der Waals surface area (Å²) in [5.74, 6) is -1.16. The molecule has 0 spiro atoms. The molecule has 6 aromatic carbocycles. The van der Waals surface area contributed by atoms with Gasteiger partial charge in [0.05, 0.1) is 41.5 Å². The van der Waals surface area contributed by atoms with Crippen molar-refractivity contribution >= 4 is 71.3 Å². The minimum absolute atomic E-state index is 0.00634. The van der Waals surface area contributed by atoms with Gasteiger partial charge in [-0.1, -0.05) is 24.0 Å². The van der Waals surface area contributed by atoms with Crippen LogP contribution in [0.25, 0.3) is 59.1 Å². The Labute approximate surface area is 296 Å². The maximum absolute atomic E-state index is 15.2. The van der Waals surface area contributed by atoms with Gasteiger partial charge in [0, 0.05) is 75.5 Å². The lowest BCUT2D eigenvalue weighted by atomic mass is 9.73. The van der Waals surface area contributed by atoms with E-state index in [1.165, 1.54) is 12.1 Å². The van der Waals surface area contributed by atoms with Crippen molar-refractivity contribution in [1.82, 2.24) is 4.58 Å². The number of fused-ring (bicyclic) bond motifs is 4. The molecule has 2 heterocycles. The van der Waals surface area contributed by atoms with Crippen LogP contribution >= 0.6 is 0 Å². The maximum atomic E-state index is 15.2. The zero-order valence-corrected chi connectivity index (χ0v) is 28.6. The van der Waals surface area contributed by atoms with Crippen molar-refractivity contribution in [2.75, 3.05) is 56.2 Å². The third kappa shape index (κ3) is 3.69. The molecule has 0 radical (unpaired) electrons. The van der Waals surface area contributed by atoms with Crippen molar-refractivity contribution < 1.29 is 25.5 Å². The van der Waals surface area contributed by atoms with Crippen LogP contribution in [0.1, 0.15) is 5.56 Å². The Kier molecular flexibility index (Phi) is 6.21. The maximum Gasteiger partial charge on any atom is 0.270 e. The number of nitriles is 1. The predicted molar refractivity (Wildman–Crippen MR) is 200 cm³/mol. The number of hydrogen-bond donors (Lipinski definition) is 4. The number of benzene rings is 6. The Bertz CT molecular complexity index is 2990. The summed E-state index contributed by atoms with van der Waals surface area (Å²) in [5, 5.41) is 76.7. The summed E-state index contributed by atoms with van der Waals surface area (Å²) >= 11 is 0. The van der Waals surface area contributed by atoms with E-state index in [1.807, 2.05) is 65.7 Å². The second-order valence-corrected chi connectivity index (χ2v) is 13.7. The Morgan fingerprint density at radius 2 is 1.37 bits per heavy atom. The first-order valence-corrected chi connectivity index (χ1v) is 16.5. The zero-order valence-electron chi connectivity index (χ0n) is 28.6. The van der Waals surface area contributed by atoms with E-state index in [-0.39, 0.29) is 77.7 Å². The Morgan fingerprint density at radius 3 is 2.04 bits per heavy atom. The average molecular weight is 687 g/mol. The molecule has 0 saturated carbocycles. The van der Waals surface area contributed by atoms with Crippen molar-refractivity contribution in [1.29, 1.82) is 5.26 Å². The highest BCUT2D eigenvalue weighted by Gasteiger charge is 2.37. The highest BCUT2D eigenvalue weighted by molar-refractivity contribution is 6.30. The van der Waals surface area contributed by atoms with Gasteiger partial charge in [0.2, 0.25) is 12.0 Å². The van der Waals surface area contributed by atoms with Crippen LogP contribution in [0, 0.1) is 17.9 Å². The van der Waals surface area contributed by atoms with Crippen LogP contribution in [0.4, 0.5) is 17.1 Å². The van der Waals surface area contributed by atoms with Gasteiger partial charge in [0.1, 0.15) is 30.0 Å². The van der Waals surface area contributed by atoms with Gasteiger partial charge >= 0.3 is 0 Å². The van der Waals surface area contributed by atoms with E-state index < -0.39 is 5.76 Å². The van der Waals surface area contributed by atoms with Gasteiger partial charge in [-0.15, -0.1) is 0 Å². The van der Waals surface area contributed by atoms with E-state index in [4.69, 9.17) is 6.57 Å². The van der Waals surface area contributed by atoms with Gasteiger partial charge in [-0.05, 0) is 53.6 Å². The van der Waals surface area contributed by atoms with Crippen molar-refractivity contribution in [3.63, 3.8) is 0 Å². The van der Waals surface area contributed by atoms with Gasteiger partial charge in [-0.2, -0.15) is 0 Å². The van der Waals surface area contributed by atoms with E-state index in [9.17, 15) is 25.7 Å². The summed E-state index contributed by atoms with van der Waals surface area (Å²) in [6, 6.07) is 18.8. The van der Waals surface area contributed by atoms with E-state index in [1.54, 1.807) is 36.4 Å². The van der Waals surface area contributed by atoms with Crippen LogP contribution in [0.3, 0.4) is 0 Å². The Hall–Kier alpha value is -7.11. The molecular weight excluding hydrogens is 656 g/mol. The van der Waals surface area contributed by atoms with Crippen LogP contribution in [-0.4, -0.2) is 62.0 Å². The summed E-state index contributed by atoms with van der Waals surface area (Å²) in [6.07, 6.45) is 0. The summed E-state index contributed by atoms with van der Waals surface area (Å²) in [5.41, 5.74) is 2.08. The highest BCUT2D eigenvalue weighted by Crippen LogP contribution is 2.57. The van der Waals surface area contributed by atoms with Gasteiger partial charge in [-0.3, -0.25) is 0 Å². The molecule has 9 rings (SSSR count). The predicted octanol–water partition coefficient (Wildman–Crippen LogP) is 4.13. The molecule has 52 heavy (non-hydrogen) atoms. The third-order valence-electron chi connectivity index (χ3n) is 10.7. The van der Waals surface area contributed by atoms with Crippen molar-refractivity contribution in [2.45, 2.75) is 0 Å². The average Bonchev–Trinajstić information content (AvgIpc) is 3.10. The molecule has 0 unspecified atom stereocenters. The zero-order chi connectivity index (χ0) is 36.5. The molecular formula is C41H30N6O5. The minimum atomic E-state index is -0.573. The van der Waals surface area contributed by atoms with Crippen molar-refractivity contribution in [3.05, 3.63) is 105 Å². The molecule has 0 aromatic heterocycles. The fourth-order valence-corrected chi connectivity index (χ4v) is 8.79. The lowest BCUT2D eigenvalue weighted by Gasteiger charge is -2.40. The number of phenolic OH excluding ortho intramolecular Hbond substituents is 4. The van der Waals surface area contributed by atoms with Gasteiger partial charge in [0.15, 0.2) is 0 Å². The lowest BCUT2D eigenvalue weighted by molar-refractivity contribution is -0.292. The number of rotatable bonds is 1. The van der Waals surface area contributed by atoms with E-state index in [0.717, 1.165) is 22.4 Å². The van der Waals surface area contributed by atoms with Crippen molar-refractivity contribution in [2.24, 2.45) is 0 Å². The summed E-state index contributed by atoms with van der Waals surface area (Å²) < 4.78 is 2.00. The first kappa shape index (κ1) is 30.9. The number of hydrogen-bond acceptors (Lipinski definition) is 9. The molecule has 1 aliphatic carbocycles. The normalized spacial score (nSPS) is 17.3. The summed E-state index contributed by atoms with van der Waals surface area (Å²) in [6.45, 7) is 9.15. The van der Waals surface area contributed by atoms with Crippen LogP contribution in [0.2, 0.25) is 0 Å². The molecule has 0 fully saturated rings. The van der Waals surface area contributed by atoms with Gasteiger partial charge < -0.3 is 40.2 Å². The molecule has 2 aliphatic heterocycles. The molecule has 11 heteroatoms. The van der Waals surface area contributed by atoms with Crippen LogP contribution < -0.4 is 35.0 Å². The van der Waals surface area contributed by atoms with Crippen LogP contribution in [0.5, 0.6) is 23.0 Å². The summed E-state index contributed by atoms with van der Waals surface area (Å²) in [7, 11) is 7.65. The molecule has 11 nitrogen and oxygen atoms in total. The third-order valence-corrected chi connectivity index (χ3v) is 10.7. The molecule has 0 atom stereocenters.